The minimum Gasteiger partial charge on any atom is -0.386 e. The number of fused-ring (bicyclic) bond motifs is 2. The van der Waals surface area contributed by atoms with Crippen molar-refractivity contribution in [3.05, 3.63) is 71.6 Å². The van der Waals surface area contributed by atoms with Crippen molar-refractivity contribution >= 4 is 34.5 Å². The van der Waals surface area contributed by atoms with Gasteiger partial charge in [0.25, 0.3) is 5.91 Å². The Morgan fingerprint density at radius 3 is 2.68 bits per heavy atom. The van der Waals surface area contributed by atoms with Gasteiger partial charge in [-0.15, -0.1) is 5.10 Å². The van der Waals surface area contributed by atoms with Gasteiger partial charge >= 0.3 is 0 Å². The molecule has 3 N–H and O–H groups in total. The van der Waals surface area contributed by atoms with E-state index in [1.54, 1.807) is 42.2 Å². The third kappa shape index (κ3) is 3.75. The third-order valence-electron chi connectivity index (χ3n) is 6.42. The highest BCUT2D eigenvalue weighted by atomic mass is 19.1. The molecule has 0 atom stereocenters. The van der Waals surface area contributed by atoms with Gasteiger partial charge in [-0.2, -0.15) is 5.10 Å². The van der Waals surface area contributed by atoms with Gasteiger partial charge in [0.1, 0.15) is 29.4 Å². The third-order valence-corrected chi connectivity index (χ3v) is 6.42. The maximum atomic E-state index is 14.4. The normalized spacial score (nSPS) is 13.9. The van der Waals surface area contributed by atoms with Crippen LogP contribution >= 0.6 is 0 Å². The van der Waals surface area contributed by atoms with Crippen molar-refractivity contribution in [1.29, 1.82) is 0 Å². The molecular formula is C25H22FN11O. The summed E-state index contributed by atoms with van der Waals surface area (Å²) in [5.41, 5.74) is 7.34. The van der Waals surface area contributed by atoms with Gasteiger partial charge < -0.3 is 5.73 Å². The van der Waals surface area contributed by atoms with Crippen molar-refractivity contribution in [2.45, 2.75) is 25.8 Å². The fraction of sp³-hybridized carbons (Fsp3) is 0.200. The summed E-state index contributed by atoms with van der Waals surface area (Å²) in [7, 11) is 1.69. The number of nitrogens with two attached hydrogens (primary N) is 1. The molecule has 38 heavy (non-hydrogen) atoms. The molecule has 0 spiro atoms. The zero-order valence-electron chi connectivity index (χ0n) is 20.7. The van der Waals surface area contributed by atoms with Crippen LogP contribution in [0.1, 0.15) is 35.5 Å². The average Bonchev–Trinajstić information content (AvgIpc) is 3.54. The van der Waals surface area contributed by atoms with E-state index < -0.39 is 11.3 Å². The summed E-state index contributed by atoms with van der Waals surface area (Å²) in [4.78, 5) is 35.7. The largest absolute Gasteiger partial charge is 0.386 e. The highest BCUT2D eigenvalue weighted by Gasteiger charge is 2.40. The Kier molecular flexibility index (Phi) is 5.22. The molecule has 13 heteroatoms. The Labute approximate surface area is 215 Å². The van der Waals surface area contributed by atoms with Crippen molar-refractivity contribution in [3.63, 3.8) is 0 Å². The van der Waals surface area contributed by atoms with Crippen molar-refractivity contribution < 1.29 is 9.18 Å². The van der Waals surface area contributed by atoms with E-state index >= 15 is 0 Å². The lowest BCUT2D eigenvalue weighted by atomic mass is 9.84. The van der Waals surface area contributed by atoms with Crippen molar-refractivity contribution in [2.24, 2.45) is 17.8 Å². The molecule has 1 amide bonds. The van der Waals surface area contributed by atoms with Gasteiger partial charge in [-0.25, -0.2) is 34.0 Å². The van der Waals surface area contributed by atoms with Gasteiger partial charge in [0, 0.05) is 24.4 Å². The molecule has 190 valence electrons. The summed E-state index contributed by atoms with van der Waals surface area (Å²) in [6.07, 6.45) is 3.10. The minimum absolute atomic E-state index is 0.0762. The second-order valence-corrected chi connectivity index (χ2v) is 9.38. The molecule has 0 aliphatic carbocycles. The van der Waals surface area contributed by atoms with Gasteiger partial charge in [-0.3, -0.25) is 14.8 Å². The molecular weight excluding hydrogens is 489 g/mol. The number of carbonyl (C=O) groups excluding carboxylic acids is 1. The van der Waals surface area contributed by atoms with Crippen LogP contribution in [-0.2, 0) is 19.0 Å². The number of benzene rings is 1. The van der Waals surface area contributed by atoms with Gasteiger partial charge in [0.05, 0.1) is 17.3 Å². The summed E-state index contributed by atoms with van der Waals surface area (Å²) < 4.78 is 17.5. The summed E-state index contributed by atoms with van der Waals surface area (Å²) in [6, 6.07) is 10.0. The first-order chi connectivity index (χ1) is 18.2. The van der Waals surface area contributed by atoms with Crippen molar-refractivity contribution in [2.75, 3.05) is 5.32 Å². The van der Waals surface area contributed by atoms with Crippen LogP contribution in [0.15, 0.2) is 53.9 Å². The second kappa shape index (κ2) is 8.50. The number of nitrogens with one attached hydrogen (secondary N) is 1. The first-order valence-corrected chi connectivity index (χ1v) is 11.7. The van der Waals surface area contributed by atoms with E-state index in [2.05, 4.69) is 40.4 Å². The van der Waals surface area contributed by atoms with Crippen molar-refractivity contribution in [3.8, 4) is 11.5 Å². The molecule has 0 bridgehead atoms. The Morgan fingerprint density at radius 2 is 1.92 bits per heavy atom. The molecule has 5 heterocycles. The van der Waals surface area contributed by atoms with Crippen LogP contribution in [-0.4, -0.2) is 51.2 Å². The number of pyridine rings is 1. The summed E-state index contributed by atoms with van der Waals surface area (Å²) in [5, 5.41) is 12.1. The number of amides is 1. The Hall–Kier alpha value is -5.07. The number of nitrogens with zero attached hydrogens (tertiary/aromatic N) is 9. The molecule has 12 nitrogen and oxygen atoms in total. The quantitative estimate of drug-likeness (QED) is 0.365. The average molecular weight is 512 g/mol. The standard InChI is InChI=1S/C25H22FN11O/c1-25(2)16-18(22(38)33-24-29-12-36(3)35-24)30-20(31-19(16)32-23(25)27)17-14-8-6-10-28-21(14)37(34-17)11-13-7-4-5-9-15(13)26/h4-10,12H,11H2,1-3H3,(H,33,35,38)(H2,27,30,31,32). The van der Waals surface area contributed by atoms with Crippen LogP contribution in [0.25, 0.3) is 22.6 Å². The number of hydrogen-bond acceptors (Lipinski definition) is 9. The van der Waals surface area contributed by atoms with E-state index in [0.717, 1.165) is 0 Å². The molecule has 0 saturated carbocycles. The topological polar surface area (TPSA) is 155 Å². The molecule has 4 aromatic heterocycles. The van der Waals surface area contributed by atoms with Crippen LogP contribution in [0.4, 0.5) is 16.2 Å². The van der Waals surface area contributed by atoms with E-state index in [0.29, 0.717) is 33.7 Å². The molecule has 6 rings (SSSR count). The zero-order valence-corrected chi connectivity index (χ0v) is 20.7. The second-order valence-electron chi connectivity index (χ2n) is 9.38. The van der Waals surface area contributed by atoms with Gasteiger partial charge in [0.2, 0.25) is 5.95 Å². The maximum absolute atomic E-state index is 14.4. The van der Waals surface area contributed by atoms with Crippen LogP contribution in [0.5, 0.6) is 0 Å². The number of aryl methyl sites for hydroxylation is 1. The molecule has 1 aliphatic rings. The number of aliphatic imine (C=N–C) groups is 1. The zero-order chi connectivity index (χ0) is 26.6. The lowest BCUT2D eigenvalue weighted by Crippen LogP contribution is -2.34. The van der Waals surface area contributed by atoms with Crippen LogP contribution in [0.2, 0.25) is 0 Å². The molecule has 0 fully saturated rings. The van der Waals surface area contributed by atoms with E-state index in [9.17, 15) is 9.18 Å². The molecule has 5 aromatic rings. The highest BCUT2D eigenvalue weighted by Crippen LogP contribution is 2.40. The summed E-state index contributed by atoms with van der Waals surface area (Å²) >= 11 is 0. The van der Waals surface area contributed by atoms with Gasteiger partial charge in [-0.1, -0.05) is 18.2 Å². The van der Waals surface area contributed by atoms with Crippen LogP contribution < -0.4 is 11.1 Å². The highest BCUT2D eigenvalue weighted by molar-refractivity contribution is 6.08. The molecule has 0 saturated heterocycles. The molecule has 1 aromatic carbocycles. The summed E-state index contributed by atoms with van der Waals surface area (Å²) in [5.74, 6) is -0.0286. The van der Waals surface area contributed by atoms with Crippen LogP contribution in [0, 0.1) is 5.82 Å². The first-order valence-electron chi connectivity index (χ1n) is 11.7. The number of anilines is 1. The molecule has 0 radical (unpaired) electrons. The smallest absolute Gasteiger partial charge is 0.277 e. The predicted molar refractivity (Wildman–Crippen MR) is 137 cm³/mol. The predicted octanol–water partition coefficient (Wildman–Crippen LogP) is 2.74. The lowest BCUT2D eigenvalue weighted by molar-refractivity contribution is 0.101. The SMILES string of the molecule is Cn1cnc(NC(=O)c2nc(-c3nn(Cc4ccccc4F)c4ncccc34)nc3c2C(C)(C)C(N)=N3)n1. The number of hydrogen-bond donors (Lipinski definition) is 2. The Morgan fingerprint density at radius 1 is 1.11 bits per heavy atom. The van der Waals surface area contributed by atoms with Crippen LogP contribution in [0.3, 0.4) is 0 Å². The number of aromatic nitrogens is 8. The number of carbonyl (C=O) groups is 1. The fourth-order valence-corrected chi connectivity index (χ4v) is 4.39. The maximum Gasteiger partial charge on any atom is 0.277 e. The Balaban J connectivity index is 1.51. The van der Waals surface area contributed by atoms with E-state index in [4.69, 9.17) is 5.73 Å². The minimum atomic E-state index is -0.786. The fourth-order valence-electron chi connectivity index (χ4n) is 4.39. The van der Waals surface area contributed by atoms with E-state index in [1.165, 1.54) is 17.1 Å². The summed E-state index contributed by atoms with van der Waals surface area (Å²) in [6.45, 7) is 3.83. The first kappa shape index (κ1) is 23.3. The monoisotopic (exact) mass is 511 g/mol. The van der Waals surface area contributed by atoms with E-state index in [-0.39, 0.29) is 35.6 Å². The lowest BCUT2D eigenvalue weighted by Gasteiger charge is -2.21. The van der Waals surface area contributed by atoms with E-state index in [1.807, 2.05) is 19.9 Å². The number of halogens is 1. The van der Waals surface area contributed by atoms with Gasteiger partial charge in [0.15, 0.2) is 17.3 Å². The molecule has 0 unspecified atom stereocenters. The molecule has 1 aliphatic heterocycles. The Bertz CT molecular complexity index is 1770. The number of amidine groups is 1. The van der Waals surface area contributed by atoms with Crippen molar-refractivity contribution in [1.82, 2.24) is 39.5 Å². The number of rotatable bonds is 5. The van der Waals surface area contributed by atoms with Gasteiger partial charge in [-0.05, 0) is 32.0 Å².